The number of nitrogens with zero attached hydrogens (tertiary/aromatic N) is 3. The maximum Gasteiger partial charge on any atom is 0.227 e. The lowest BCUT2D eigenvalue weighted by molar-refractivity contribution is -0.126. The van der Waals surface area contributed by atoms with Gasteiger partial charge in [0.2, 0.25) is 17.6 Å². The minimum atomic E-state index is -0.208. The summed E-state index contributed by atoms with van der Waals surface area (Å²) in [6.45, 7) is 6.20. The van der Waals surface area contributed by atoms with Gasteiger partial charge in [0, 0.05) is 25.5 Å². The molecule has 25 heavy (non-hydrogen) atoms. The highest BCUT2D eigenvalue weighted by molar-refractivity contribution is 5.86. The second-order valence-corrected chi connectivity index (χ2v) is 6.74. The van der Waals surface area contributed by atoms with Crippen LogP contribution >= 0.6 is 0 Å². The average molecular weight is 344 g/mol. The molecule has 2 rings (SSSR count). The van der Waals surface area contributed by atoms with Crippen molar-refractivity contribution in [3.63, 3.8) is 0 Å². The van der Waals surface area contributed by atoms with Gasteiger partial charge in [-0.1, -0.05) is 38.4 Å². The van der Waals surface area contributed by atoms with E-state index in [0.717, 1.165) is 6.42 Å². The molecule has 0 aliphatic carbocycles. The first-order valence-electron chi connectivity index (χ1n) is 8.42. The molecule has 0 spiro atoms. The van der Waals surface area contributed by atoms with Crippen LogP contribution in [-0.4, -0.2) is 33.4 Å². The van der Waals surface area contributed by atoms with Crippen molar-refractivity contribution in [3.8, 4) is 11.5 Å². The van der Waals surface area contributed by atoms with Crippen molar-refractivity contribution in [2.75, 3.05) is 6.54 Å². The molecule has 2 aromatic heterocycles. The Morgan fingerprint density at radius 3 is 2.76 bits per heavy atom. The molecule has 1 amide bonds. The number of nitrogens with one attached hydrogen (secondary N) is 1. The van der Waals surface area contributed by atoms with Gasteiger partial charge in [0.05, 0.1) is 6.54 Å². The maximum atomic E-state index is 11.9. The second-order valence-electron chi connectivity index (χ2n) is 6.74. The molecule has 0 radical (unpaired) electrons. The molecule has 0 aromatic carbocycles. The van der Waals surface area contributed by atoms with Crippen LogP contribution < -0.4 is 5.32 Å². The van der Waals surface area contributed by atoms with E-state index in [4.69, 9.17) is 4.52 Å². The summed E-state index contributed by atoms with van der Waals surface area (Å²) < 4.78 is 5.13. The number of carbonyl (C=O) groups is 2. The van der Waals surface area contributed by atoms with E-state index in [1.54, 1.807) is 18.3 Å². The summed E-state index contributed by atoms with van der Waals surface area (Å²) in [7, 11) is 0. The van der Waals surface area contributed by atoms with Gasteiger partial charge in [0.15, 0.2) is 5.78 Å². The Morgan fingerprint density at radius 1 is 1.28 bits per heavy atom. The fourth-order valence-electron chi connectivity index (χ4n) is 2.18. The first-order valence-corrected chi connectivity index (χ1v) is 8.42. The van der Waals surface area contributed by atoms with Crippen molar-refractivity contribution < 1.29 is 14.1 Å². The molecule has 0 atom stereocenters. The molecule has 1 N–H and O–H groups in total. The third-order valence-electron chi connectivity index (χ3n) is 4.04. The predicted octanol–water partition coefficient (Wildman–Crippen LogP) is 2.58. The number of pyridine rings is 1. The lowest BCUT2D eigenvalue weighted by Gasteiger charge is -2.21. The number of rotatable bonds is 9. The van der Waals surface area contributed by atoms with E-state index >= 15 is 0 Å². The van der Waals surface area contributed by atoms with E-state index in [-0.39, 0.29) is 30.1 Å². The summed E-state index contributed by atoms with van der Waals surface area (Å²) in [5.41, 5.74) is 0.582. The summed E-state index contributed by atoms with van der Waals surface area (Å²) in [6, 6.07) is 5.42. The molecule has 0 unspecified atom stereocenters. The van der Waals surface area contributed by atoms with Crippen molar-refractivity contribution in [2.45, 2.75) is 46.5 Å². The van der Waals surface area contributed by atoms with Gasteiger partial charge in [-0.3, -0.25) is 14.6 Å². The van der Waals surface area contributed by atoms with Gasteiger partial charge in [-0.2, -0.15) is 4.98 Å². The normalized spacial score (nSPS) is 11.3. The summed E-state index contributed by atoms with van der Waals surface area (Å²) in [6.07, 6.45) is 3.54. The molecule has 134 valence electrons. The standard InChI is InChI=1S/C18H24N4O3/c1-4-18(2,3)11-13(23)12-20-15(24)8-9-16-21-17(22-25-16)14-7-5-6-10-19-14/h5-7,10H,4,8-9,11-12H2,1-3H3,(H,20,24). The van der Waals surface area contributed by atoms with Crippen molar-refractivity contribution in [3.05, 3.63) is 30.3 Å². The molecule has 7 nitrogen and oxygen atoms in total. The smallest absolute Gasteiger partial charge is 0.227 e. The molecule has 0 saturated heterocycles. The third kappa shape index (κ3) is 6.10. The van der Waals surface area contributed by atoms with Crippen LogP contribution in [0.25, 0.3) is 11.5 Å². The minimum Gasteiger partial charge on any atom is -0.349 e. The molecule has 2 heterocycles. The Bertz CT molecular complexity index is 710. The van der Waals surface area contributed by atoms with Gasteiger partial charge in [0.25, 0.3) is 0 Å². The van der Waals surface area contributed by atoms with Gasteiger partial charge in [-0.05, 0) is 17.5 Å². The van der Waals surface area contributed by atoms with Crippen LogP contribution in [0.3, 0.4) is 0 Å². The first-order chi connectivity index (χ1) is 11.9. The first kappa shape index (κ1) is 18.8. The van der Waals surface area contributed by atoms with Gasteiger partial charge < -0.3 is 9.84 Å². The van der Waals surface area contributed by atoms with Crippen molar-refractivity contribution >= 4 is 11.7 Å². The highest BCUT2D eigenvalue weighted by Gasteiger charge is 2.20. The predicted molar refractivity (Wildman–Crippen MR) is 92.6 cm³/mol. The molecular weight excluding hydrogens is 320 g/mol. The number of amides is 1. The fourth-order valence-corrected chi connectivity index (χ4v) is 2.18. The van der Waals surface area contributed by atoms with Crippen LogP contribution in [-0.2, 0) is 16.0 Å². The van der Waals surface area contributed by atoms with Crippen LogP contribution in [0, 0.1) is 5.41 Å². The number of hydrogen-bond donors (Lipinski definition) is 1. The van der Waals surface area contributed by atoms with E-state index in [2.05, 4.69) is 27.4 Å². The number of Topliss-reactive ketones (excluding diaryl/α,β-unsaturated/α-hetero) is 1. The van der Waals surface area contributed by atoms with Gasteiger partial charge in [-0.25, -0.2) is 0 Å². The topological polar surface area (TPSA) is 98.0 Å². The number of ketones is 1. The van der Waals surface area contributed by atoms with E-state index in [1.807, 2.05) is 19.9 Å². The monoisotopic (exact) mass is 344 g/mol. The molecule has 0 bridgehead atoms. The zero-order valence-corrected chi connectivity index (χ0v) is 14.9. The van der Waals surface area contributed by atoms with E-state index in [9.17, 15) is 9.59 Å². The minimum absolute atomic E-state index is 0.0343. The van der Waals surface area contributed by atoms with Crippen molar-refractivity contribution in [1.82, 2.24) is 20.4 Å². The molecule has 0 aliphatic heterocycles. The van der Waals surface area contributed by atoms with Crippen LogP contribution in [0.1, 0.15) is 45.9 Å². The maximum absolute atomic E-state index is 11.9. The zero-order valence-electron chi connectivity index (χ0n) is 14.9. The average Bonchev–Trinajstić information content (AvgIpc) is 3.07. The molecule has 0 saturated carbocycles. The van der Waals surface area contributed by atoms with Gasteiger partial charge in [-0.15, -0.1) is 0 Å². The Morgan fingerprint density at radius 2 is 2.08 bits per heavy atom. The highest BCUT2D eigenvalue weighted by Crippen LogP contribution is 2.24. The quantitative estimate of drug-likeness (QED) is 0.751. The lowest BCUT2D eigenvalue weighted by Crippen LogP contribution is -2.31. The summed E-state index contributed by atoms with van der Waals surface area (Å²) in [5, 5.41) is 6.50. The zero-order chi connectivity index (χ0) is 18.3. The van der Waals surface area contributed by atoms with Crippen molar-refractivity contribution in [1.29, 1.82) is 0 Å². The molecule has 2 aromatic rings. The molecule has 7 heteroatoms. The third-order valence-corrected chi connectivity index (χ3v) is 4.04. The molecule has 0 fully saturated rings. The molecule has 0 aliphatic rings. The van der Waals surface area contributed by atoms with Crippen LogP contribution in [0.15, 0.2) is 28.9 Å². The summed E-state index contributed by atoms with van der Waals surface area (Å²) >= 11 is 0. The Kier molecular flexibility index (Phi) is 6.38. The Balaban J connectivity index is 1.75. The van der Waals surface area contributed by atoms with Crippen molar-refractivity contribution in [2.24, 2.45) is 5.41 Å². The van der Waals surface area contributed by atoms with E-state index in [1.165, 1.54) is 0 Å². The van der Waals surface area contributed by atoms with Gasteiger partial charge >= 0.3 is 0 Å². The lowest BCUT2D eigenvalue weighted by atomic mass is 9.85. The van der Waals surface area contributed by atoms with E-state index < -0.39 is 0 Å². The number of aryl methyl sites for hydroxylation is 1. The van der Waals surface area contributed by atoms with E-state index in [0.29, 0.717) is 30.3 Å². The van der Waals surface area contributed by atoms with Crippen LogP contribution in [0.4, 0.5) is 0 Å². The van der Waals surface area contributed by atoms with Crippen LogP contribution in [0.2, 0.25) is 0 Å². The number of aromatic nitrogens is 3. The second kappa shape index (κ2) is 8.50. The van der Waals surface area contributed by atoms with Gasteiger partial charge in [0.1, 0.15) is 5.69 Å². The number of hydrogen-bond acceptors (Lipinski definition) is 6. The Hall–Kier alpha value is -2.57. The summed E-state index contributed by atoms with van der Waals surface area (Å²) in [5.74, 6) is 0.595. The SMILES string of the molecule is CCC(C)(C)CC(=O)CNC(=O)CCc1nc(-c2ccccn2)no1. The summed E-state index contributed by atoms with van der Waals surface area (Å²) in [4.78, 5) is 32.1. The molecular formula is C18H24N4O3. The number of carbonyl (C=O) groups excluding carboxylic acids is 2. The Labute approximate surface area is 147 Å². The van der Waals surface area contributed by atoms with Crippen LogP contribution in [0.5, 0.6) is 0 Å². The highest BCUT2D eigenvalue weighted by atomic mass is 16.5. The fraction of sp³-hybridized carbons (Fsp3) is 0.500. The largest absolute Gasteiger partial charge is 0.349 e.